The molecule has 2 aliphatic rings. The first-order valence-electron chi connectivity index (χ1n) is 7.20. The molecule has 20 heavy (non-hydrogen) atoms. The van der Waals surface area contributed by atoms with Gasteiger partial charge in [0.2, 0.25) is 10.0 Å². The maximum absolute atomic E-state index is 12.6. The molecular weight excluding hydrogens is 274 g/mol. The molecule has 3 atom stereocenters. The minimum absolute atomic E-state index is 0.126. The van der Waals surface area contributed by atoms with Crippen molar-refractivity contribution in [3.05, 3.63) is 30.1 Å². The highest BCUT2D eigenvalue weighted by Crippen LogP contribution is 2.34. The third-order valence-electron chi connectivity index (χ3n) is 4.37. The Morgan fingerprint density at radius 3 is 3.00 bits per heavy atom. The molecule has 0 aliphatic carbocycles. The maximum Gasteiger partial charge on any atom is 0.215 e. The fourth-order valence-corrected chi connectivity index (χ4v) is 5.46. The van der Waals surface area contributed by atoms with E-state index in [1.165, 1.54) is 0 Å². The lowest BCUT2D eigenvalue weighted by atomic mass is 10.0. The van der Waals surface area contributed by atoms with Crippen LogP contribution in [0.3, 0.4) is 0 Å². The molecule has 0 amide bonds. The summed E-state index contributed by atoms with van der Waals surface area (Å²) >= 11 is 0. The SMILES string of the molecule is CC1CC2CNCC2N1S(=O)(=O)CCc1ccccn1. The van der Waals surface area contributed by atoms with Crippen LogP contribution in [0, 0.1) is 5.92 Å². The van der Waals surface area contributed by atoms with Gasteiger partial charge in [0.1, 0.15) is 0 Å². The molecule has 1 aromatic heterocycles. The van der Waals surface area contributed by atoms with E-state index in [1.54, 1.807) is 10.5 Å². The van der Waals surface area contributed by atoms with Crippen molar-refractivity contribution in [1.82, 2.24) is 14.6 Å². The van der Waals surface area contributed by atoms with E-state index in [2.05, 4.69) is 10.3 Å². The third-order valence-corrected chi connectivity index (χ3v) is 6.37. The van der Waals surface area contributed by atoms with Gasteiger partial charge in [-0.1, -0.05) is 6.07 Å². The van der Waals surface area contributed by atoms with Crippen LogP contribution in [0.5, 0.6) is 0 Å². The first-order chi connectivity index (χ1) is 9.58. The van der Waals surface area contributed by atoms with Crippen molar-refractivity contribution in [2.24, 2.45) is 5.92 Å². The second kappa shape index (κ2) is 5.42. The number of hydrogen-bond acceptors (Lipinski definition) is 4. The molecule has 2 aliphatic heterocycles. The lowest BCUT2D eigenvalue weighted by Crippen LogP contribution is -2.44. The average Bonchev–Trinajstić information content (AvgIpc) is 2.97. The van der Waals surface area contributed by atoms with Gasteiger partial charge in [-0.05, 0) is 37.9 Å². The Bertz CT molecular complexity index is 561. The van der Waals surface area contributed by atoms with Crippen molar-refractivity contribution in [2.45, 2.75) is 31.8 Å². The summed E-state index contributed by atoms with van der Waals surface area (Å²) in [6, 6.07) is 5.89. The van der Waals surface area contributed by atoms with Gasteiger partial charge in [-0.25, -0.2) is 8.42 Å². The number of aromatic nitrogens is 1. The Hall–Kier alpha value is -0.980. The Morgan fingerprint density at radius 1 is 1.40 bits per heavy atom. The minimum Gasteiger partial charge on any atom is -0.315 e. The summed E-state index contributed by atoms with van der Waals surface area (Å²) in [6.07, 6.45) is 3.16. The zero-order chi connectivity index (χ0) is 14.2. The van der Waals surface area contributed by atoms with Crippen LogP contribution in [0.1, 0.15) is 19.0 Å². The molecule has 0 bridgehead atoms. The zero-order valence-corrected chi connectivity index (χ0v) is 12.5. The van der Waals surface area contributed by atoms with E-state index >= 15 is 0 Å². The van der Waals surface area contributed by atoms with E-state index in [9.17, 15) is 8.42 Å². The van der Waals surface area contributed by atoms with Crippen LogP contribution in [-0.2, 0) is 16.4 Å². The predicted molar refractivity (Wildman–Crippen MR) is 77.8 cm³/mol. The van der Waals surface area contributed by atoms with Gasteiger partial charge >= 0.3 is 0 Å². The van der Waals surface area contributed by atoms with Crippen LogP contribution in [0.2, 0.25) is 0 Å². The molecule has 6 heteroatoms. The highest BCUT2D eigenvalue weighted by molar-refractivity contribution is 7.89. The van der Waals surface area contributed by atoms with E-state index in [4.69, 9.17) is 0 Å². The molecule has 3 rings (SSSR count). The number of sulfonamides is 1. The maximum atomic E-state index is 12.6. The number of fused-ring (bicyclic) bond motifs is 1. The van der Waals surface area contributed by atoms with Gasteiger partial charge in [-0.2, -0.15) is 4.31 Å². The second-order valence-corrected chi connectivity index (χ2v) is 7.78. The van der Waals surface area contributed by atoms with Crippen LogP contribution in [0.4, 0.5) is 0 Å². The number of aryl methyl sites for hydroxylation is 1. The molecule has 1 aromatic rings. The molecule has 5 nitrogen and oxygen atoms in total. The summed E-state index contributed by atoms with van der Waals surface area (Å²) in [7, 11) is -3.21. The van der Waals surface area contributed by atoms with Crippen LogP contribution in [-0.4, -0.2) is 48.6 Å². The van der Waals surface area contributed by atoms with Crippen molar-refractivity contribution in [2.75, 3.05) is 18.8 Å². The average molecular weight is 295 g/mol. The van der Waals surface area contributed by atoms with Crippen molar-refractivity contribution >= 4 is 10.0 Å². The zero-order valence-electron chi connectivity index (χ0n) is 11.7. The fourth-order valence-electron chi connectivity index (χ4n) is 3.49. The standard InChI is InChI=1S/C14H21N3O2S/c1-11-8-12-9-15-10-14(12)17(11)20(18,19)7-5-13-4-2-3-6-16-13/h2-4,6,11-12,14-15H,5,7-10H2,1H3. The molecule has 0 spiro atoms. The number of pyridine rings is 1. The highest BCUT2D eigenvalue weighted by atomic mass is 32.2. The number of hydrogen-bond donors (Lipinski definition) is 1. The molecule has 0 radical (unpaired) electrons. The van der Waals surface area contributed by atoms with Crippen molar-refractivity contribution in [3.63, 3.8) is 0 Å². The molecule has 2 fully saturated rings. The first-order valence-corrected chi connectivity index (χ1v) is 8.80. The quantitative estimate of drug-likeness (QED) is 0.885. The fraction of sp³-hybridized carbons (Fsp3) is 0.643. The van der Waals surface area contributed by atoms with Gasteiger partial charge in [-0.15, -0.1) is 0 Å². The molecule has 3 heterocycles. The van der Waals surface area contributed by atoms with E-state index in [0.29, 0.717) is 12.3 Å². The monoisotopic (exact) mass is 295 g/mol. The Morgan fingerprint density at radius 2 is 2.25 bits per heavy atom. The van der Waals surface area contributed by atoms with Crippen molar-refractivity contribution in [3.8, 4) is 0 Å². The van der Waals surface area contributed by atoms with E-state index < -0.39 is 10.0 Å². The molecule has 0 saturated carbocycles. The van der Waals surface area contributed by atoms with Crippen LogP contribution < -0.4 is 5.32 Å². The van der Waals surface area contributed by atoms with Crippen LogP contribution in [0.25, 0.3) is 0 Å². The number of rotatable bonds is 4. The summed E-state index contributed by atoms with van der Waals surface area (Å²) in [6.45, 7) is 3.76. The summed E-state index contributed by atoms with van der Waals surface area (Å²) in [5.41, 5.74) is 0.837. The van der Waals surface area contributed by atoms with Crippen LogP contribution >= 0.6 is 0 Å². The predicted octanol–water partition coefficient (Wildman–Crippen LogP) is 0.636. The van der Waals surface area contributed by atoms with E-state index in [1.807, 2.05) is 25.1 Å². The normalized spacial score (nSPS) is 30.6. The van der Waals surface area contributed by atoms with Gasteiger partial charge in [-0.3, -0.25) is 4.98 Å². The summed E-state index contributed by atoms with van der Waals surface area (Å²) in [4.78, 5) is 4.20. The van der Waals surface area contributed by atoms with Gasteiger partial charge in [0.25, 0.3) is 0 Å². The molecule has 1 N–H and O–H groups in total. The van der Waals surface area contributed by atoms with Gasteiger partial charge < -0.3 is 5.32 Å². The third kappa shape index (κ3) is 2.60. The first kappa shape index (κ1) is 14.0. The van der Waals surface area contributed by atoms with E-state index in [0.717, 1.165) is 25.2 Å². The molecule has 110 valence electrons. The summed E-state index contributed by atoms with van der Waals surface area (Å²) in [5.74, 6) is 0.632. The molecule has 0 aromatic carbocycles. The molecular formula is C14H21N3O2S. The largest absolute Gasteiger partial charge is 0.315 e. The lowest BCUT2D eigenvalue weighted by molar-refractivity contribution is 0.335. The van der Waals surface area contributed by atoms with Crippen molar-refractivity contribution < 1.29 is 8.42 Å². The van der Waals surface area contributed by atoms with Gasteiger partial charge in [0.05, 0.1) is 5.75 Å². The number of nitrogens with one attached hydrogen (secondary N) is 1. The minimum atomic E-state index is -3.21. The second-order valence-electron chi connectivity index (χ2n) is 5.79. The Balaban J connectivity index is 1.71. The Kier molecular flexibility index (Phi) is 3.79. The highest BCUT2D eigenvalue weighted by Gasteiger charge is 2.46. The van der Waals surface area contributed by atoms with Crippen LogP contribution in [0.15, 0.2) is 24.4 Å². The molecule has 2 saturated heterocycles. The Labute approximate surface area is 120 Å². The smallest absolute Gasteiger partial charge is 0.215 e. The van der Waals surface area contributed by atoms with E-state index in [-0.39, 0.29) is 17.8 Å². The topological polar surface area (TPSA) is 62.3 Å². The lowest BCUT2D eigenvalue weighted by Gasteiger charge is -2.26. The summed E-state index contributed by atoms with van der Waals surface area (Å²) < 4.78 is 27.0. The number of nitrogens with zero attached hydrogens (tertiary/aromatic N) is 2. The van der Waals surface area contributed by atoms with Gasteiger partial charge in [0, 0.05) is 36.9 Å². The van der Waals surface area contributed by atoms with Gasteiger partial charge in [0.15, 0.2) is 0 Å². The van der Waals surface area contributed by atoms with Crippen molar-refractivity contribution in [1.29, 1.82) is 0 Å². The summed E-state index contributed by atoms with van der Waals surface area (Å²) in [5, 5.41) is 3.30. The molecule has 3 unspecified atom stereocenters.